The predicted molar refractivity (Wildman–Crippen MR) is 120 cm³/mol. The van der Waals surface area contributed by atoms with Crippen LogP contribution in [0.25, 0.3) is 0 Å². The molecule has 2 unspecified atom stereocenters. The number of furan rings is 1. The summed E-state index contributed by atoms with van der Waals surface area (Å²) in [6.45, 7) is 1.21. The van der Waals surface area contributed by atoms with E-state index in [1.165, 1.54) is 11.8 Å². The molecule has 1 N–H and O–H groups in total. The Labute approximate surface area is 188 Å². The summed E-state index contributed by atoms with van der Waals surface area (Å²) < 4.78 is 11.0. The third kappa shape index (κ3) is 4.44. The maximum atomic E-state index is 13.3. The van der Waals surface area contributed by atoms with Gasteiger partial charge in [-0.05, 0) is 48.8 Å². The lowest BCUT2D eigenvalue weighted by Gasteiger charge is -2.24. The van der Waals surface area contributed by atoms with Crippen molar-refractivity contribution < 1.29 is 18.7 Å². The third-order valence-electron chi connectivity index (χ3n) is 5.80. The molecule has 2 aromatic rings. The molecule has 2 aromatic heterocycles. The number of nitrogens with one attached hydrogen (secondary N) is 1. The fourth-order valence-corrected chi connectivity index (χ4v) is 6.26. The summed E-state index contributed by atoms with van der Waals surface area (Å²) in [4.78, 5) is 35.3. The first kappa shape index (κ1) is 20.8. The number of amides is 1. The quantitative estimate of drug-likeness (QED) is 0.752. The van der Waals surface area contributed by atoms with E-state index >= 15 is 0 Å². The summed E-state index contributed by atoms with van der Waals surface area (Å²) in [5.41, 5.74) is 2.70. The Balaban J connectivity index is 1.33. The van der Waals surface area contributed by atoms with Crippen LogP contribution in [-0.2, 0) is 21.7 Å². The summed E-state index contributed by atoms with van der Waals surface area (Å²) in [6.07, 6.45) is 5.59. The first-order valence-corrected chi connectivity index (χ1v) is 12.5. The maximum absolute atomic E-state index is 13.3. The summed E-state index contributed by atoms with van der Waals surface area (Å²) in [7, 11) is 0. The van der Waals surface area contributed by atoms with E-state index in [-0.39, 0.29) is 17.6 Å². The number of Topliss-reactive ketones (excluding diaryl/α,β-unsaturated/α-hetero) is 1. The summed E-state index contributed by atoms with van der Waals surface area (Å²) in [5.74, 6) is 2.42. The first-order chi connectivity index (χ1) is 15.2. The van der Waals surface area contributed by atoms with Crippen molar-refractivity contribution in [2.24, 2.45) is 10.9 Å². The molecule has 3 aliphatic heterocycles. The third-order valence-corrected chi connectivity index (χ3v) is 7.99. The van der Waals surface area contributed by atoms with Crippen LogP contribution in [0.4, 0.5) is 0 Å². The van der Waals surface area contributed by atoms with Gasteiger partial charge in [0.2, 0.25) is 0 Å². The molecule has 0 spiro atoms. The van der Waals surface area contributed by atoms with Crippen LogP contribution in [0.2, 0.25) is 0 Å². The van der Waals surface area contributed by atoms with E-state index in [2.05, 4.69) is 15.3 Å². The summed E-state index contributed by atoms with van der Waals surface area (Å²) in [6, 6.07) is 5.09. The fourth-order valence-electron chi connectivity index (χ4n) is 4.10. The first-order valence-electron chi connectivity index (χ1n) is 10.5. The summed E-state index contributed by atoms with van der Waals surface area (Å²) >= 11 is 3.16. The Morgan fingerprint density at radius 2 is 2.10 bits per heavy atom. The number of rotatable bonds is 4. The van der Waals surface area contributed by atoms with Gasteiger partial charge in [0.25, 0.3) is 5.91 Å². The van der Waals surface area contributed by atoms with Crippen LogP contribution >= 0.6 is 23.5 Å². The van der Waals surface area contributed by atoms with Gasteiger partial charge in [-0.2, -0.15) is 11.8 Å². The van der Waals surface area contributed by atoms with Crippen molar-refractivity contribution in [2.75, 3.05) is 19.0 Å². The Bertz CT molecular complexity index is 1000. The monoisotopic (exact) mass is 457 g/mol. The van der Waals surface area contributed by atoms with Crippen molar-refractivity contribution in [3.8, 4) is 0 Å². The SMILES string of the molecule is O=C(NC1=NC(c2ccco2)C(C(=O)C2CCOCC2)S1)c1cnc2c(c1)CSCC2. The lowest BCUT2D eigenvalue weighted by molar-refractivity contribution is -0.125. The molecule has 0 aromatic carbocycles. The van der Waals surface area contributed by atoms with Crippen molar-refractivity contribution in [3.05, 3.63) is 53.2 Å². The number of ether oxygens (including phenoxy) is 1. The van der Waals surface area contributed by atoms with E-state index in [9.17, 15) is 9.59 Å². The molecule has 0 radical (unpaired) electrons. The molecule has 1 saturated heterocycles. The minimum Gasteiger partial charge on any atom is -0.467 e. The molecule has 9 heteroatoms. The minimum absolute atomic E-state index is 0.0451. The molecule has 5 heterocycles. The second-order valence-corrected chi connectivity index (χ2v) is 10.0. The number of hydrogen-bond donors (Lipinski definition) is 1. The lowest BCUT2D eigenvalue weighted by Crippen LogP contribution is -2.33. The highest BCUT2D eigenvalue weighted by atomic mass is 32.2. The van der Waals surface area contributed by atoms with Crippen LogP contribution in [0.3, 0.4) is 0 Å². The Hall–Kier alpha value is -2.10. The van der Waals surface area contributed by atoms with Gasteiger partial charge in [-0.25, -0.2) is 4.99 Å². The van der Waals surface area contributed by atoms with E-state index in [1.807, 2.05) is 23.9 Å². The van der Waals surface area contributed by atoms with Crippen LogP contribution in [0.5, 0.6) is 0 Å². The smallest absolute Gasteiger partial charge is 0.258 e. The van der Waals surface area contributed by atoms with E-state index in [4.69, 9.17) is 9.15 Å². The van der Waals surface area contributed by atoms with Crippen molar-refractivity contribution in [1.29, 1.82) is 0 Å². The topological polar surface area (TPSA) is 93.8 Å². The van der Waals surface area contributed by atoms with Gasteiger partial charge in [0.15, 0.2) is 11.0 Å². The number of aryl methyl sites for hydroxylation is 1. The Morgan fingerprint density at radius 1 is 1.23 bits per heavy atom. The van der Waals surface area contributed by atoms with Gasteiger partial charge in [-0.1, -0.05) is 11.8 Å². The van der Waals surface area contributed by atoms with Gasteiger partial charge in [-0.3, -0.25) is 14.6 Å². The predicted octanol–water partition coefficient (Wildman–Crippen LogP) is 3.40. The Morgan fingerprint density at radius 3 is 2.90 bits per heavy atom. The number of thioether (sulfide) groups is 2. The number of carbonyl (C=O) groups excluding carboxylic acids is 2. The zero-order valence-corrected chi connectivity index (χ0v) is 18.5. The molecule has 5 rings (SSSR count). The molecule has 162 valence electrons. The number of nitrogens with zero attached hydrogens (tertiary/aromatic N) is 2. The van der Waals surface area contributed by atoms with Gasteiger partial charge in [-0.15, -0.1) is 0 Å². The van der Waals surface area contributed by atoms with Crippen molar-refractivity contribution in [3.63, 3.8) is 0 Å². The fraction of sp³-hybridized carbons (Fsp3) is 0.455. The molecular formula is C22H23N3O4S2. The van der Waals surface area contributed by atoms with Gasteiger partial charge in [0, 0.05) is 36.8 Å². The molecule has 2 atom stereocenters. The van der Waals surface area contributed by atoms with Crippen LogP contribution in [0.1, 0.15) is 46.3 Å². The Kier molecular flexibility index (Phi) is 6.15. The molecule has 0 saturated carbocycles. The van der Waals surface area contributed by atoms with Crippen LogP contribution < -0.4 is 5.32 Å². The summed E-state index contributed by atoms with van der Waals surface area (Å²) in [5, 5.41) is 2.92. The zero-order valence-electron chi connectivity index (χ0n) is 16.9. The second kappa shape index (κ2) is 9.18. The molecule has 7 nitrogen and oxygen atoms in total. The van der Waals surface area contributed by atoms with Gasteiger partial charge in [0.05, 0.1) is 11.8 Å². The standard InChI is InChI=1S/C22H23N3O4S2/c26-19(13-3-7-28-8-4-13)20-18(17-2-1-6-29-17)24-22(31-20)25-21(27)14-10-15-12-30-9-5-16(15)23-11-14/h1-2,6,10-11,13,18,20H,3-5,7-9,12H2,(H,24,25,27). The van der Waals surface area contributed by atoms with Gasteiger partial charge in [0.1, 0.15) is 17.1 Å². The highest BCUT2D eigenvalue weighted by Gasteiger charge is 2.41. The average Bonchev–Trinajstić information content (AvgIpc) is 3.49. The molecule has 1 fully saturated rings. The number of ketones is 1. The maximum Gasteiger partial charge on any atom is 0.258 e. The lowest BCUT2D eigenvalue weighted by atomic mass is 9.90. The highest BCUT2D eigenvalue weighted by Crippen LogP contribution is 2.40. The number of fused-ring (bicyclic) bond motifs is 1. The van der Waals surface area contributed by atoms with Crippen LogP contribution in [0, 0.1) is 5.92 Å². The number of hydrogen-bond acceptors (Lipinski definition) is 8. The van der Waals surface area contributed by atoms with Gasteiger partial charge >= 0.3 is 0 Å². The second-order valence-electron chi connectivity index (χ2n) is 7.81. The van der Waals surface area contributed by atoms with E-state index < -0.39 is 11.3 Å². The number of aromatic nitrogens is 1. The molecule has 3 aliphatic rings. The molecule has 1 amide bonds. The normalized spacial score (nSPS) is 23.8. The van der Waals surface area contributed by atoms with E-state index in [0.29, 0.717) is 29.7 Å². The minimum atomic E-state index is -0.441. The highest BCUT2D eigenvalue weighted by molar-refractivity contribution is 8.15. The van der Waals surface area contributed by atoms with Gasteiger partial charge < -0.3 is 14.5 Å². The molecular weight excluding hydrogens is 434 g/mol. The largest absolute Gasteiger partial charge is 0.467 e. The number of carbonyl (C=O) groups is 2. The average molecular weight is 458 g/mol. The van der Waals surface area contributed by atoms with Crippen molar-refractivity contribution >= 4 is 40.4 Å². The van der Waals surface area contributed by atoms with E-state index in [1.54, 1.807) is 18.5 Å². The van der Waals surface area contributed by atoms with Crippen LogP contribution in [0.15, 0.2) is 40.1 Å². The molecule has 0 bridgehead atoms. The van der Waals surface area contributed by atoms with Crippen molar-refractivity contribution in [2.45, 2.75) is 36.3 Å². The molecule has 31 heavy (non-hydrogen) atoms. The van der Waals surface area contributed by atoms with Crippen LogP contribution in [-0.4, -0.2) is 46.1 Å². The van der Waals surface area contributed by atoms with Crippen molar-refractivity contribution in [1.82, 2.24) is 10.3 Å². The number of aliphatic imine (C=N–C) groups is 1. The number of amidine groups is 1. The number of pyridine rings is 1. The molecule has 0 aliphatic carbocycles. The zero-order chi connectivity index (χ0) is 21.2. The van der Waals surface area contributed by atoms with E-state index in [0.717, 1.165) is 42.0 Å².